The maximum Gasteiger partial charge on any atom is 0.0256 e. The van der Waals surface area contributed by atoms with Gasteiger partial charge < -0.3 is 5.73 Å². The van der Waals surface area contributed by atoms with Crippen molar-refractivity contribution in [3.8, 4) is 11.8 Å². The van der Waals surface area contributed by atoms with Crippen molar-refractivity contribution < 1.29 is 0 Å². The molecule has 1 rings (SSSR count). The van der Waals surface area contributed by atoms with Crippen LogP contribution < -0.4 is 5.73 Å². The molecule has 0 radical (unpaired) electrons. The zero-order valence-corrected chi connectivity index (χ0v) is 8.53. The summed E-state index contributed by atoms with van der Waals surface area (Å²) in [6, 6.07) is 8.22. The van der Waals surface area contributed by atoms with Crippen molar-refractivity contribution in [1.29, 1.82) is 0 Å². The number of hydrogen-bond acceptors (Lipinski definition) is 2. The molecule has 0 bridgehead atoms. The van der Waals surface area contributed by atoms with E-state index in [1.807, 2.05) is 12.1 Å². The molecule has 1 aromatic rings. The number of nitrogens with two attached hydrogens (primary N) is 1. The maximum atomic E-state index is 5.34. The second-order valence-electron chi connectivity index (χ2n) is 2.57. The van der Waals surface area contributed by atoms with E-state index in [1.165, 1.54) is 4.90 Å². The molecule has 1 aromatic carbocycles. The summed E-state index contributed by atoms with van der Waals surface area (Å²) in [5.74, 6) is 6.10. The van der Waals surface area contributed by atoms with Gasteiger partial charge in [-0.3, -0.25) is 0 Å². The Bertz CT molecular complexity index is 322. The zero-order chi connectivity index (χ0) is 9.52. The van der Waals surface area contributed by atoms with Gasteiger partial charge in [0.15, 0.2) is 0 Å². The average molecular weight is 191 g/mol. The molecule has 0 unspecified atom stereocenters. The van der Waals surface area contributed by atoms with Gasteiger partial charge in [0, 0.05) is 23.4 Å². The number of thioether (sulfide) groups is 1. The van der Waals surface area contributed by atoms with Crippen molar-refractivity contribution >= 4 is 11.8 Å². The molecule has 0 spiro atoms. The molecule has 0 amide bonds. The van der Waals surface area contributed by atoms with Gasteiger partial charge in [-0.2, -0.15) is 0 Å². The monoisotopic (exact) mass is 191 g/mol. The third kappa shape index (κ3) is 3.54. The van der Waals surface area contributed by atoms with E-state index in [0.717, 1.165) is 12.0 Å². The Morgan fingerprint density at radius 3 is 3.00 bits per heavy atom. The van der Waals surface area contributed by atoms with Crippen LogP contribution in [-0.2, 0) is 0 Å². The Morgan fingerprint density at radius 1 is 1.46 bits per heavy atom. The second-order valence-corrected chi connectivity index (χ2v) is 3.45. The highest BCUT2D eigenvalue weighted by molar-refractivity contribution is 7.98. The van der Waals surface area contributed by atoms with E-state index in [1.54, 1.807) is 11.8 Å². The van der Waals surface area contributed by atoms with Gasteiger partial charge in [-0.05, 0) is 24.5 Å². The van der Waals surface area contributed by atoms with Crippen LogP contribution in [0.25, 0.3) is 0 Å². The lowest BCUT2D eigenvalue weighted by Gasteiger charge is -1.95. The van der Waals surface area contributed by atoms with Crippen molar-refractivity contribution in [2.24, 2.45) is 5.73 Å². The van der Waals surface area contributed by atoms with E-state index < -0.39 is 0 Å². The minimum absolute atomic E-state index is 0.634. The van der Waals surface area contributed by atoms with Gasteiger partial charge >= 0.3 is 0 Å². The maximum absolute atomic E-state index is 5.34. The fourth-order valence-electron chi connectivity index (χ4n) is 0.938. The van der Waals surface area contributed by atoms with Gasteiger partial charge in [0.25, 0.3) is 0 Å². The van der Waals surface area contributed by atoms with E-state index >= 15 is 0 Å². The molecule has 68 valence electrons. The van der Waals surface area contributed by atoms with Gasteiger partial charge in [-0.25, -0.2) is 0 Å². The molecule has 0 heterocycles. The summed E-state index contributed by atoms with van der Waals surface area (Å²) in [6.07, 6.45) is 2.83. The normalized spacial score (nSPS) is 9.08. The average Bonchev–Trinajstić information content (AvgIpc) is 2.19. The van der Waals surface area contributed by atoms with Crippen LogP contribution in [0.15, 0.2) is 29.2 Å². The van der Waals surface area contributed by atoms with Gasteiger partial charge in [-0.15, -0.1) is 11.8 Å². The highest BCUT2D eigenvalue weighted by Crippen LogP contribution is 2.14. The quantitative estimate of drug-likeness (QED) is 0.572. The van der Waals surface area contributed by atoms with Gasteiger partial charge in [0.1, 0.15) is 0 Å². The molecule has 0 aliphatic carbocycles. The molecule has 0 aromatic heterocycles. The fraction of sp³-hybridized carbons (Fsp3) is 0.273. The minimum atomic E-state index is 0.634. The number of hydrogen-bond donors (Lipinski definition) is 1. The molecule has 2 N–H and O–H groups in total. The first-order chi connectivity index (χ1) is 6.36. The Balaban J connectivity index is 2.73. The Kier molecular flexibility index (Phi) is 4.45. The van der Waals surface area contributed by atoms with Crippen LogP contribution in [0.1, 0.15) is 12.0 Å². The summed E-state index contributed by atoms with van der Waals surface area (Å²) in [5, 5.41) is 0. The Labute approximate surface area is 83.7 Å². The van der Waals surface area contributed by atoms with E-state index in [4.69, 9.17) is 5.73 Å². The van der Waals surface area contributed by atoms with Gasteiger partial charge in [0.05, 0.1) is 0 Å². The molecule has 1 nitrogen and oxygen atoms in total. The largest absolute Gasteiger partial charge is 0.330 e. The van der Waals surface area contributed by atoms with Crippen molar-refractivity contribution in [3.63, 3.8) is 0 Å². The highest BCUT2D eigenvalue weighted by Gasteiger charge is 1.89. The van der Waals surface area contributed by atoms with Crippen LogP contribution in [0.3, 0.4) is 0 Å². The number of benzene rings is 1. The molecule has 0 saturated heterocycles. The molecular weight excluding hydrogens is 178 g/mol. The fourth-order valence-corrected chi connectivity index (χ4v) is 1.40. The van der Waals surface area contributed by atoms with Crippen LogP contribution >= 0.6 is 11.8 Å². The third-order valence-corrected chi connectivity index (χ3v) is 2.30. The van der Waals surface area contributed by atoms with Crippen LogP contribution in [0.4, 0.5) is 0 Å². The lowest BCUT2D eigenvalue weighted by Crippen LogP contribution is -1.95. The van der Waals surface area contributed by atoms with Crippen LogP contribution in [-0.4, -0.2) is 12.8 Å². The second kappa shape index (κ2) is 5.69. The molecule has 0 aliphatic heterocycles. The standard InChI is InChI=1S/C11H13NS/c1-13-11-7-4-6-10(9-11)5-2-3-8-12/h4,6-7,9H,3,8,12H2,1H3. The van der Waals surface area contributed by atoms with Gasteiger partial charge in [-0.1, -0.05) is 17.9 Å². The summed E-state index contributed by atoms with van der Waals surface area (Å²) in [7, 11) is 0. The third-order valence-electron chi connectivity index (χ3n) is 1.57. The highest BCUT2D eigenvalue weighted by atomic mass is 32.2. The molecule has 0 fully saturated rings. The van der Waals surface area contributed by atoms with Crippen molar-refractivity contribution in [2.45, 2.75) is 11.3 Å². The first kappa shape index (κ1) is 10.2. The summed E-state index contributed by atoms with van der Waals surface area (Å²) in [6.45, 7) is 0.634. The van der Waals surface area contributed by atoms with E-state index in [-0.39, 0.29) is 0 Å². The lowest BCUT2D eigenvalue weighted by molar-refractivity contribution is 1.03. The summed E-state index contributed by atoms with van der Waals surface area (Å²) in [5.41, 5.74) is 6.41. The van der Waals surface area contributed by atoms with Gasteiger partial charge in [0.2, 0.25) is 0 Å². The van der Waals surface area contributed by atoms with Crippen molar-refractivity contribution in [2.75, 3.05) is 12.8 Å². The SMILES string of the molecule is CSc1cccc(C#CCCN)c1. The summed E-state index contributed by atoms with van der Waals surface area (Å²) < 4.78 is 0. The summed E-state index contributed by atoms with van der Waals surface area (Å²) >= 11 is 1.73. The number of rotatable bonds is 2. The Hall–Kier alpha value is -0.910. The predicted octanol–water partition coefficient (Wildman–Crippen LogP) is 2.11. The smallest absolute Gasteiger partial charge is 0.0256 e. The molecule has 0 aliphatic rings. The molecule has 0 atom stereocenters. The molecule has 0 saturated carbocycles. The van der Waals surface area contributed by atoms with E-state index in [2.05, 4.69) is 30.2 Å². The van der Waals surface area contributed by atoms with Crippen LogP contribution in [0.2, 0.25) is 0 Å². The molecule has 13 heavy (non-hydrogen) atoms. The van der Waals surface area contributed by atoms with E-state index in [0.29, 0.717) is 6.54 Å². The van der Waals surface area contributed by atoms with Crippen LogP contribution in [0.5, 0.6) is 0 Å². The van der Waals surface area contributed by atoms with E-state index in [9.17, 15) is 0 Å². The first-order valence-corrected chi connectivity index (χ1v) is 5.42. The summed E-state index contributed by atoms with van der Waals surface area (Å²) in [4.78, 5) is 1.25. The van der Waals surface area contributed by atoms with Crippen molar-refractivity contribution in [3.05, 3.63) is 29.8 Å². The van der Waals surface area contributed by atoms with Crippen molar-refractivity contribution in [1.82, 2.24) is 0 Å². The zero-order valence-electron chi connectivity index (χ0n) is 7.71. The minimum Gasteiger partial charge on any atom is -0.330 e. The predicted molar refractivity (Wildman–Crippen MR) is 58.8 cm³/mol. The first-order valence-electron chi connectivity index (χ1n) is 4.20. The van der Waals surface area contributed by atoms with Crippen LogP contribution in [0, 0.1) is 11.8 Å². The Morgan fingerprint density at radius 2 is 2.31 bits per heavy atom. The molecular formula is C11H13NS. The lowest BCUT2D eigenvalue weighted by atomic mass is 10.2. The topological polar surface area (TPSA) is 26.0 Å². The molecule has 2 heteroatoms.